The van der Waals surface area contributed by atoms with Crippen molar-refractivity contribution in [2.75, 3.05) is 22.1 Å². The minimum absolute atomic E-state index is 0.255. The second-order valence-electron chi connectivity index (χ2n) is 10.2. The Morgan fingerprint density at radius 3 is 2.20 bits per heavy atom. The van der Waals surface area contributed by atoms with E-state index in [9.17, 15) is 14.4 Å². The number of halogens is 2. The topological polar surface area (TPSA) is 81.8 Å². The zero-order valence-corrected chi connectivity index (χ0v) is 23.5. The lowest BCUT2D eigenvalue weighted by atomic mass is 9.87. The fourth-order valence-corrected chi connectivity index (χ4v) is 6.21. The summed E-state index contributed by atoms with van der Waals surface area (Å²) in [7, 11) is 0. The molecule has 0 radical (unpaired) electrons. The van der Waals surface area contributed by atoms with E-state index in [1.54, 1.807) is 23.1 Å². The standard InChI is InChI=1S/C32H26Cl2N4O3/c33-24-17-25(34)19-28(18-24)38-29(39)32(14-5-15-37(32)31(38)41)20-21-10-12-22(13-11-21)23-6-4-9-27(16-23)36-30(40)35-26-7-2-1-3-8-26/h1-4,6-13,16-19H,5,14-15,20H2,(H2,35,36,40). The maximum atomic E-state index is 13.8. The largest absolute Gasteiger partial charge is 0.332 e. The van der Waals surface area contributed by atoms with Gasteiger partial charge in [0.05, 0.1) is 5.69 Å². The van der Waals surface area contributed by atoms with Crippen molar-refractivity contribution >= 4 is 58.2 Å². The molecule has 4 aromatic rings. The summed E-state index contributed by atoms with van der Waals surface area (Å²) >= 11 is 12.3. The molecular weight excluding hydrogens is 559 g/mol. The smallest absolute Gasteiger partial charge is 0.309 e. The van der Waals surface area contributed by atoms with E-state index in [1.807, 2.05) is 78.9 Å². The molecular formula is C32H26Cl2N4O3. The minimum atomic E-state index is -0.941. The Labute approximate surface area is 247 Å². The number of hydrogen-bond acceptors (Lipinski definition) is 3. The van der Waals surface area contributed by atoms with Crippen LogP contribution in [0.15, 0.2) is 97.1 Å². The third-order valence-corrected chi connectivity index (χ3v) is 7.99. The third-order valence-electron chi connectivity index (χ3n) is 7.55. The number of fused-ring (bicyclic) bond motifs is 1. The number of benzene rings is 4. The zero-order valence-electron chi connectivity index (χ0n) is 21.9. The van der Waals surface area contributed by atoms with E-state index in [1.165, 1.54) is 4.90 Å². The van der Waals surface area contributed by atoms with Crippen LogP contribution in [0.25, 0.3) is 11.1 Å². The predicted molar refractivity (Wildman–Crippen MR) is 163 cm³/mol. The molecule has 6 rings (SSSR count). The van der Waals surface area contributed by atoms with Crippen molar-refractivity contribution in [1.82, 2.24) is 4.90 Å². The molecule has 2 saturated heterocycles. The molecule has 2 fully saturated rings. The quantitative estimate of drug-likeness (QED) is 0.226. The minimum Gasteiger partial charge on any atom is -0.309 e. The number of amides is 5. The van der Waals surface area contributed by atoms with Crippen LogP contribution in [0.2, 0.25) is 10.0 Å². The monoisotopic (exact) mass is 584 g/mol. The highest BCUT2D eigenvalue weighted by molar-refractivity contribution is 6.35. The molecule has 1 atom stereocenters. The van der Waals surface area contributed by atoms with Crippen LogP contribution in [0.1, 0.15) is 18.4 Å². The molecule has 206 valence electrons. The second-order valence-corrected chi connectivity index (χ2v) is 11.1. The van der Waals surface area contributed by atoms with Crippen molar-refractivity contribution in [2.24, 2.45) is 0 Å². The third kappa shape index (κ3) is 5.26. The van der Waals surface area contributed by atoms with Crippen molar-refractivity contribution in [3.05, 3.63) is 113 Å². The number of imide groups is 1. The Bertz CT molecular complexity index is 1620. The summed E-state index contributed by atoms with van der Waals surface area (Å²) in [5.74, 6) is -0.255. The number of rotatable bonds is 6. The average molecular weight is 585 g/mol. The molecule has 4 aromatic carbocycles. The summed E-state index contributed by atoms with van der Waals surface area (Å²) in [6, 6.07) is 28.9. The Kier molecular flexibility index (Phi) is 7.15. The van der Waals surface area contributed by atoms with Gasteiger partial charge in [0.25, 0.3) is 5.91 Å². The molecule has 0 spiro atoms. The first kappa shape index (κ1) is 26.9. The first-order chi connectivity index (χ1) is 19.8. The number of hydrogen-bond donors (Lipinski definition) is 2. The van der Waals surface area contributed by atoms with Gasteiger partial charge in [-0.05, 0) is 72.0 Å². The highest BCUT2D eigenvalue weighted by atomic mass is 35.5. The van der Waals surface area contributed by atoms with Crippen molar-refractivity contribution in [1.29, 1.82) is 0 Å². The number of nitrogens with one attached hydrogen (secondary N) is 2. The van der Waals surface area contributed by atoms with Gasteiger partial charge in [-0.15, -0.1) is 0 Å². The fraction of sp³-hybridized carbons (Fsp3) is 0.156. The van der Waals surface area contributed by atoms with Gasteiger partial charge in [0.15, 0.2) is 0 Å². The van der Waals surface area contributed by atoms with Crippen LogP contribution >= 0.6 is 23.2 Å². The maximum absolute atomic E-state index is 13.8. The Hall–Kier alpha value is -4.33. The molecule has 9 heteroatoms. The van der Waals surface area contributed by atoms with Gasteiger partial charge in [0, 0.05) is 34.4 Å². The first-order valence-corrected chi connectivity index (χ1v) is 14.0. The predicted octanol–water partition coefficient (Wildman–Crippen LogP) is 7.85. The lowest BCUT2D eigenvalue weighted by molar-refractivity contribution is -0.123. The van der Waals surface area contributed by atoms with Crippen LogP contribution in [0, 0.1) is 0 Å². The molecule has 0 saturated carbocycles. The number of carbonyl (C=O) groups is 3. The molecule has 1 unspecified atom stereocenters. The SMILES string of the molecule is O=C(Nc1ccccc1)Nc1cccc(-c2ccc(CC34CCCN3C(=O)N(c3cc(Cl)cc(Cl)c3)C4=O)cc2)c1. The van der Waals surface area contributed by atoms with Crippen LogP contribution < -0.4 is 15.5 Å². The van der Waals surface area contributed by atoms with Gasteiger partial charge < -0.3 is 15.5 Å². The van der Waals surface area contributed by atoms with Gasteiger partial charge in [-0.1, -0.05) is 77.8 Å². The van der Waals surface area contributed by atoms with Crippen LogP contribution in [-0.2, 0) is 11.2 Å². The normalized spacial score (nSPS) is 18.0. The van der Waals surface area contributed by atoms with Crippen LogP contribution in [-0.4, -0.2) is 35.0 Å². The molecule has 41 heavy (non-hydrogen) atoms. The average Bonchev–Trinajstić information content (AvgIpc) is 3.46. The molecule has 2 heterocycles. The van der Waals surface area contributed by atoms with E-state index in [0.29, 0.717) is 46.5 Å². The van der Waals surface area contributed by atoms with Crippen LogP contribution in [0.3, 0.4) is 0 Å². The van der Waals surface area contributed by atoms with E-state index >= 15 is 0 Å². The van der Waals surface area contributed by atoms with E-state index in [2.05, 4.69) is 10.6 Å². The van der Waals surface area contributed by atoms with E-state index in [-0.39, 0.29) is 18.0 Å². The van der Waals surface area contributed by atoms with Gasteiger partial charge in [-0.2, -0.15) is 0 Å². The molecule has 2 aliphatic rings. The molecule has 0 aromatic heterocycles. The zero-order chi connectivity index (χ0) is 28.6. The maximum Gasteiger partial charge on any atom is 0.332 e. The molecule has 5 amide bonds. The Balaban J connectivity index is 1.19. The summed E-state index contributed by atoms with van der Waals surface area (Å²) in [4.78, 5) is 42.5. The summed E-state index contributed by atoms with van der Waals surface area (Å²) in [5.41, 5.74) is 3.66. The Morgan fingerprint density at radius 1 is 0.780 bits per heavy atom. The van der Waals surface area contributed by atoms with E-state index in [4.69, 9.17) is 23.2 Å². The summed E-state index contributed by atoms with van der Waals surface area (Å²) in [5, 5.41) is 6.41. The highest BCUT2D eigenvalue weighted by Crippen LogP contribution is 2.43. The lowest BCUT2D eigenvalue weighted by Crippen LogP contribution is -2.47. The van der Waals surface area contributed by atoms with Gasteiger partial charge in [-0.25, -0.2) is 14.5 Å². The van der Waals surface area contributed by atoms with Crippen molar-refractivity contribution < 1.29 is 14.4 Å². The van der Waals surface area contributed by atoms with Gasteiger partial charge in [0.2, 0.25) is 0 Å². The summed E-state index contributed by atoms with van der Waals surface area (Å²) in [6.45, 7) is 0.519. The van der Waals surface area contributed by atoms with Gasteiger partial charge in [-0.3, -0.25) is 4.79 Å². The van der Waals surface area contributed by atoms with Crippen LogP contribution in [0.5, 0.6) is 0 Å². The second kappa shape index (κ2) is 10.9. The number of urea groups is 2. The molecule has 0 bridgehead atoms. The number of anilines is 3. The summed E-state index contributed by atoms with van der Waals surface area (Å²) < 4.78 is 0. The lowest BCUT2D eigenvalue weighted by Gasteiger charge is -2.28. The van der Waals surface area contributed by atoms with Gasteiger partial charge in [0.1, 0.15) is 5.54 Å². The van der Waals surface area contributed by atoms with Crippen molar-refractivity contribution in [2.45, 2.75) is 24.8 Å². The van der Waals surface area contributed by atoms with Crippen molar-refractivity contribution in [3.8, 4) is 11.1 Å². The van der Waals surface area contributed by atoms with Crippen molar-refractivity contribution in [3.63, 3.8) is 0 Å². The molecule has 7 nitrogen and oxygen atoms in total. The molecule has 2 N–H and O–H groups in total. The Morgan fingerprint density at radius 2 is 1.46 bits per heavy atom. The van der Waals surface area contributed by atoms with Crippen LogP contribution in [0.4, 0.5) is 26.7 Å². The fourth-order valence-electron chi connectivity index (χ4n) is 5.70. The molecule has 0 aliphatic carbocycles. The summed E-state index contributed by atoms with van der Waals surface area (Å²) in [6.07, 6.45) is 1.75. The first-order valence-electron chi connectivity index (χ1n) is 13.3. The number of nitrogens with zero attached hydrogens (tertiary/aromatic N) is 2. The highest BCUT2D eigenvalue weighted by Gasteiger charge is 2.59. The molecule has 2 aliphatic heterocycles. The van der Waals surface area contributed by atoms with E-state index < -0.39 is 5.54 Å². The number of carbonyl (C=O) groups excluding carboxylic acids is 3. The number of para-hydroxylation sites is 1. The van der Waals surface area contributed by atoms with E-state index in [0.717, 1.165) is 23.1 Å². The van der Waals surface area contributed by atoms with Gasteiger partial charge >= 0.3 is 12.1 Å².